The molecule has 0 aromatic carbocycles. The predicted molar refractivity (Wildman–Crippen MR) is 68.1 cm³/mol. The number of nitrogens with zero attached hydrogens (tertiary/aromatic N) is 3. The van der Waals surface area contributed by atoms with E-state index in [1.807, 2.05) is 13.8 Å². The van der Waals surface area contributed by atoms with Crippen LogP contribution < -0.4 is 11.1 Å². The number of carbonyl (C=O) groups is 1. The minimum atomic E-state index is -4.41. The Bertz CT molecular complexity index is 460. The molecule has 1 amide bonds. The van der Waals surface area contributed by atoms with Crippen LogP contribution in [0.25, 0.3) is 0 Å². The third-order valence-corrected chi connectivity index (χ3v) is 3.20. The van der Waals surface area contributed by atoms with Crippen molar-refractivity contribution in [3.05, 3.63) is 5.82 Å². The standard InChI is InChI=1S/C10H16F3N5OS/c1-6(2)18-7(3-14)16-17-9(18)20-4-8(19)15-5-10(11,12)13/h6H,3-5,14H2,1-2H3,(H,15,19). The Morgan fingerprint density at radius 2 is 2.10 bits per heavy atom. The number of thioether (sulfide) groups is 1. The van der Waals surface area contributed by atoms with Crippen molar-refractivity contribution in [3.63, 3.8) is 0 Å². The molecule has 0 atom stereocenters. The summed E-state index contributed by atoms with van der Waals surface area (Å²) in [6.07, 6.45) is -4.41. The molecule has 1 aromatic heterocycles. The van der Waals surface area contributed by atoms with Gasteiger partial charge in [0.2, 0.25) is 5.91 Å². The van der Waals surface area contributed by atoms with Crippen molar-refractivity contribution < 1.29 is 18.0 Å². The molecule has 6 nitrogen and oxygen atoms in total. The van der Waals surface area contributed by atoms with E-state index in [4.69, 9.17) is 5.73 Å². The Morgan fingerprint density at radius 3 is 2.60 bits per heavy atom. The molecule has 0 aliphatic heterocycles. The summed E-state index contributed by atoms with van der Waals surface area (Å²) < 4.78 is 37.6. The van der Waals surface area contributed by atoms with Crippen molar-refractivity contribution >= 4 is 17.7 Å². The monoisotopic (exact) mass is 311 g/mol. The second kappa shape index (κ2) is 6.93. The first-order valence-electron chi connectivity index (χ1n) is 5.84. The van der Waals surface area contributed by atoms with Gasteiger partial charge in [-0.25, -0.2) is 0 Å². The van der Waals surface area contributed by atoms with Gasteiger partial charge < -0.3 is 15.6 Å². The third-order valence-electron chi connectivity index (χ3n) is 2.25. The van der Waals surface area contributed by atoms with E-state index in [0.29, 0.717) is 11.0 Å². The number of halogens is 3. The number of nitrogens with two attached hydrogens (primary N) is 1. The number of carbonyl (C=O) groups excluding carboxylic acids is 1. The molecular formula is C10H16F3N5OS. The van der Waals surface area contributed by atoms with Crippen LogP contribution in [-0.2, 0) is 11.3 Å². The van der Waals surface area contributed by atoms with E-state index in [0.717, 1.165) is 11.8 Å². The molecule has 1 rings (SSSR count). The highest BCUT2D eigenvalue weighted by atomic mass is 32.2. The van der Waals surface area contributed by atoms with Crippen LogP contribution in [0.5, 0.6) is 0 Å². The van der Waals surface area contributed by atoms with E-state index in [1.165, 1.54) is 0 Å². The molecule has 0 spiro atoms. The summed E-state index contributed by atoms with van der Waals surface area (Å²) >= 11 is 1.02. The van der Waals surface area contributed by atoms with Gasteiger partial charge in [-0.2, -0.15) is 13.2 Å². The first-order valence-corrected chi connectivity index (χ1v) is 6.83. The Hall–Kier alpha value is -1.29. The van der Waals surface area contributed by atoms with E-state index >= 15 is 0 Å². The van der Waals surface area contributed by atoms with E-state index < -0.39 is 18.6 Å². The maximum atomic E-state index is 11.9. The smallest absolute Gasteiger partial charge is 0.346 e. The Morgan fingerprint density at radius 1 is 1.45 bits per heavy atom. The second-order valence-corrected chi connectivity index (χ2v) is 5.19. The van der Waals surface area contributed by atoms with Gasteiger partial charge in [-0.1, -0.05) is 11.8 Å². The Kier molecular flexibility index (Phi) is 5.81. The van der Waals surface area contributed by atoms with Crippen LogP contribution in [0.2, 0.25) is 0 Å². The number of amides is 1. The topological polar surface area (TPSA) is 85.8 Å². The van der Waals surface area contributed by atoms with Gasteiger partial charge in [0.05, 0.1) is 12.3 Å². The zero-order valence-corrected chi connectivity index (χ0v) is 11.9. The summed E-state index contributed by atoms with van der Waals surface area (Å²) in [7, 11) is 0. The largest absolute Gasteiger partial charge is 0.405 e. The first-order chi connectivity index (χ1) is 9.24. The predicted octanol–water partition coefficient (Wildman–Crippen LogP) is 1.09. The molecule has 0 saturated carbocycles. The van der Waals surface area contributed by atoms with Crippen molar-refractivity contribution in [2.45, 2.75) is 37.8 Å². The maximum Gasteiger partial charge on any atom is 0.405 e. The van der Waals surface area contributed by atoms with Gasteiger partial charge in [-0.15, -0.1) is 10.2 Å². The summed E-state index contributed by atoms with van der Waals surface area (Å²) in [5.41, 5.74) is 5.52. The maximum absolute atomic E-state index is 11.9. The van der Waals surface area contributed by atoms with Crippen LogP contribution in [-0.4, -0.2) is 39.1 Å². The molecule has 114 valence electrons. The lowest BCUT2D eigenvalue weighted by Gasteiger charge is -2.12. The van der Waals surface area contributed by atoms with Gasteiger partial charge >= 0.3 is 6.18 Å². The fourth-order valence-electron chi connectivity index (χ4n) is 1.44. The molecule has 0 aliphatic rings. The molecule has 10 heteroatoms. The molecule has 0 radical (unpaired) electrons. The second-order valence-electron chi connectivity index (χ2n) is 4.25. The van der Waals surface area contributed by atoms with Crippen LogP contribution >= 0.6 is 11.8 Å². The van der Waals surface area contributed by atoms with Crippen LogP contribution in [0.3, 0.4) is 0 Å². The summed E-state index contributed by atoms with van der Waals surface area (Å²) in [5, 5.41) is 10.0. The van der Waals surface area contributed by atoms with Gasteiger partial charge in [-0.3, -0.25) is 4.79 Å². The molecule has 0 unspecified atom stereocenters. The fraction of sp³-hybridized carbons (Fsp3) is 0.700. The zero-order valence-electron chi connectivity index (χ0n) is 11.1. The van der Waals surface area contributed by atoms with E-state index in [2.05, 4.69) is 10.2 Å². The zero-order chi connectivity index (χ0) is 15.3. The highest BCUT2D eigenvalue weighted by Crippen LogP contribution is 2.21. The Balaban J connectivity index is 2.58. The van der Waals surface area contributed by atoms with Gasteiger partial charge in [0.15, 0.2) is 5.16 Å². The molecule has 1 aromatic rings. The molecule has 20 heavy (non-hydrogen) atoms. The number of nitrogens with one attached hydrogen (secondary N) is 1. The first kappa shape index (κ1) is 16.8. The lowest BCUT2D eigenvalue weighted by molar-refractivity contribution is -0.136. The molecule has 0 fully saturated rings. The highest BCUT2D eigenvalue weighted by molar-refractivity contribution is 7.99. The summed E-state index contributed by atoms with van der Waals surface area (Å²) in [6, 6.07) is 0.0456. The molecular weight excluding hydrogens is 295 g/mol. The van der Waals surface area contributed by atoms with Gasteiger partial charge in [-0.05, 0) is 13.8 Å². The van der Waals surface area contributed by atoms with E-state index in [1.54, 1.807) is 9.88 Å². The van der Waals surface area contributed by atoms with Crippen molar-refractivity contribution in [1.29, 1.82) is 0 Å². The lowest BCUT2D eigenvalue weighted by Crippen LogP contribution is -2.34. The number of aromatic nitrogens is 3. The molecule has 1 heterocycles. The average Bonchev–Trinajstić information content (AvgIpc) is 2.76. The molecule has 0 bridgehead atoms. The summed E-state index contributed by atoms with van der Waals surface area (Å²) in [6.45, 7) is 2.66. The van der Waals surface area contributed by atoms with Crippen LogP contribution in [0.1, 0.15) is 25.7 Å². The third kappa shape index (κ3) is 5.00. The number of hydrogen-bond donors (Lipinski definition) is 2. The summed E-state index contributed by atoms with van der Waals surface area (Å²) in [4.78, 5) is 11.3. The number of hydrogen-bond acceptors (Lipinski definition) is 5. The number of alkyl halides is 3. The molecule has 0 aliphatic carbocycles. The SMILES string of the molecule is CC(C)n1c(CN)nnc1SCC(=O)NCC(F)(F)F. The normalized spacial score (nSPS) is 11.9. The van der Waals surface area contributed by atoms with E-state index in [9.17, 15) is 18.0 Å². The fourth-order valence-corrected chi connectivity index (χ4v) is 2.36. The summed E-state index contributed by atoms with van der Waals surface area (Å²) in [5.74, 6) is -0.302. The Labute approximate surface area is 118 Å². The van der Waals surface area contributed by atoms with Crippen molar-refractivity contribution in [3.8, 4) is 0 Å². The van der Waals surface area contributed by atoms with Crippen molar-refractivity contribution in [1.82, 2.24) is 20.1 Å². The van der Waals surface area contributed by atoms with Crippen molar-refractivity contribution in [2.24, 2.45) is 5.73 Å². The molecule has 3 N–H and O–H groups in total. The average molecular weight is 311 g/mol. The lowest BCUT2D eigenvalue weighted by atomic mass is 10.4. The van der Waals surface area contributed by atoms with Crippen LogP contribution in [0, 0.1) is 0 Å². The van der Waals surface area contributed by atoms with Gasteiger partial charge in [0, 0.05) is 6.04 Å². The quantitative estimate of drug-likeness (QED) is 0.768. The van der Waals surface area contributed by atoms with Gasteiger partial charge in [0.25, 0.3) is 0 Å². The molecule has 0 saturated heterocycles. The van der Waals surface area contributed by atoms with Crippen LogP contribution in [0.4, 0.5) is 13.2 Å². The number of rotatable bonds is 6. The van der Waals surface area contributed by atoms with Crippen LogP contribution in [0.15, 0.2) is 5.16 Å². The van der Waals surface area contributed by atoms with Crippen molar-refractivity contribution in [2.75, 3.05) is 12.3 Å². The van der Waals surface area contributed by atoms with E-state index in [-0.39, 0.29) is 18.3 Å². The minimum absolute atomic E-state index is 0.0456. The van der Waals surface area contributed by atoms with Gasteiger partial charge in [0.1, 0.15) is 12.4 Å². The highest BCUT2D eigenvalue weighted by Gasteiger charge is 2.27. The minimum Gasteiger partial charge on any atom is -0.346 e.